The number of esters is 2. The lowest BCUT2D eigenvalue weighted by Crippen LogP contribution is -2.29. The molecule has 5 rings (SSSR count). The van der Waals surface area contributed by atoms with Crippen molar-refractivity contribution < 1.29 is 24.0 Å². The van der Waals surface area contributed by atoms with Gasteiger partial charge < -0.3 is 14.8 Å². The fourth-order valence-electron chi connectivity index (χ4n) is 5.01. The Morgan fingerprint density at radius 1 is 1.05 bits per heavy atom. The minimum atomic E-state index is -0.561. The fraction of sp³-hybridized carbons (Fsp3) is 0.241. The number of hydrogen-bond acceptors (Lipinski definition) is 7. The molecule has 1 aliphatic carbocycles. The molecule has 3 aromatic carbocycles. The maximum atomic E-state index is 13.1. The van der Waals surface area contributed by atoms with Crippen molar-refractivity contribution in [2.45, 2.75) is 31.7 Å². The van der Waals surface area contributed by atoms with E-state index in [1.807, 2.05) is 19.1 Å². The number of anilines is 1. The summed E-state index contributed by atoms with van der Waals surface area (Å²) >= 11 is 0. The molecule has 188 valence electrons. The molecule has 0 amide bonds. The summed E-state index contributed by atoms with van der Waals surface area (Å²) in [6.45, 7) is 2.19. The molecule has 0 aromatic heterocycles. The van der Waals surface area contributed by atoms with E-state index in [0.29, 0.717) is 12.0 Å². The Bertz CT molecular complexity index is 1380. The van der Waals surface area contributed by atoms with Crippen molar-refractivity contribution >= 4 is 23.3 Å². The van der Waals surface area contributed by atoms with Crippen LogP contribution in [0.1, 0.15) is 63.6 Å². The van der Waals surface area contributed by atoms with Gasteiger partial charge in [-0.15, -0.1) is 0 Å². The molecule has 0 fully saturated rings. The molecule has 1 heterocycles. The van der Waals surface area contributed by atoms with E-state index < -0.39 is 16.9 Å². The third-order valence-electron chi connectivity index (χ3n) is 6.81. The van der Waals surface area contributed by atoms with Gasteiger partial charge in [0.2, 0.25) is 0 Å². The van der Waals surface area contributed by atoms with Gasteiger partial charge in [-0.1, -0.05) is 43.3 Å². The maximum absolute atomic E-state index is 13.1. The van der Waals surface area contributed by atoms with Crippen LogP contribution in [0, 0.1) is 16.0 Å². The van der Waals surface area contributed by atoms with Crippen LogP contribution in [0.25, 0.3) is 0 Å². The van der Waals surface area contributed by atoms with Crippen LogP contribution < -0.4 is 10.1 Å². The first-order chi connectivity index (χ1) is 18.0. The van der Waals surface area contributed by atoms with E-state index in [0.717, 1.165) is 23.2 Å². The number of nitro benzene ring substituents is 1. The van der Waals surface area contributed by atoms with Crippen LogP contribution in [0.3, 0.4) is 0 Å². The van der Waals surface area contributed by atoms with E-state index in [1.54, 1.807) is 42.5 Å². The topological polar surface area (TPSA) is 108 Å². The summed E-state index contributed by atoms with van der Waals surface area (Å²) in [5, 5.41) is 14.6. The maximum Gasteiger partial charge on any atom is 0.343 e. The van der Waals surface area contributed by atoms with Gasteiger partial charge in [0, 0.05) is 23.7 Å². The first kappa shape index (κ1) is 24.2. The lowest BCUT2D eigenvalue weighted by atomic mass is 9.76. The van der Waals surface area contributed by atoms with Gasteiger partial charge in [0.15, 0.2) is 0 Å². The zero-order valence-electron chi connectivity index (χ0n) is 20.3. The van der Waals surface area contributed by atoms with Crippen LogP contribution in [0.15, 0.2) is 78.9 Å². The number of carbonyl (C=O) groups is 2. The summed E-state index contributed by atoms with van der Waals surface area (Å²) < 4.78 is 10.8. The SMILES string of the molecule is CCCOC(=O)c1ccccc1OC(=O)c1ccc2c(c1)[C@@H]1C=CC[C@H]1[C@@H](c1ccc([N+](=O)[O-])cc1)N2. The quantitative estimate of drug-likeness (QED) is 0.136. The number of nitrogens with one attached hydrogen (secondary N) is 1. The molecule has 0 saturated heterocycles. The fourth-order valence-corrected chi connectivity index (χ4v) is 5.01. The summed E-state index contributed by atoms with van der Waals surface area (Å²) in [6, 6.07) is 18.5. The number of hydrogen-bond donors (Lipinski definition) is 1. The van der Waals surface area contributed by atoms with Gasteiger partial charge in [-0.05, 0) is 60.2 Å². The highest BCUT2D eigenvalue weighted by Gasteiger charge is 2.38. The van der Waals surface area contributed by atoms with Gasteiger partial charge in [-0.2, -0.15) is 0 Å². The van der Waals surface area contributed by atoms with E-state index >= 15 is 0 Å². The van der Waals surface area contributed by atoms with Crippen molar-refractivity contribution in [2.24, 2.45) is 5.92 Å². The van der Waals surface area contributed by atoms with Crippen molar-refractivity contribution in [1.29, 1.82) is 0 Å². The normalized spacial score (nSPS) is 19.3. The Balaban J connectivity index is 1.39. The first-order valence-electron chi connectivity index (χ1n) is 12.3. The highest BCUT2D eigenvalue weighted by atomic mass is 16.6. The number of nitrogens with zero attached hydrogens (tertiary/aromatic N) is 1. The Morgan fingerprint density at radius 3 is 2.59 bits per heavy atom. The van der Waals surface area contributed by atoms with Crippen molar-refractivity contribution in [3.63, 3.8) is 0 Å². The second-order valence-corrected chi connectivity index (χ2v) is 9.15. The molecule has 1 N–H and O–H groups in total. The van der Waals surface area contributed by atoms with Gasteiger partial charge in [0.05, 0.1) is 23.1 Å². The molecule has 0 bridgehead atoms. The number of para-hydroxylation sites is 1. The predicted octanol–water partition coefficient (Wildman–Crippen LogP) is 6.21. The Morgan fingerprint density at radius 2 is 1.84 bits per heavy atom. The van der Waals surface area contributed by atoms with Gasteiger partial charge in [-0.3, -0.25) is 10.1 Å². The predicted molar refractivity (Wildman–Crippen MR) is 138 cm³/mol. The molecule has 0 saturated carbocycles. The third-order valence-corrected chi connectivity index (χ3v) is 6.81. The molecule has 0 spiro atoms. The van der Waals surface area contributed by atoms with E-state index in [1.165, 1.54) is 12.1 Å². The number of non-ortho nitro benzene ring substituents is 1. The minimum absolute atomic E-state index is 0.0212. The first-order valence-corrected chi connectivity index (χ1v) is 12.3. The van der Waals surface area contributed by atoms with E-state index in [9.17, 15) is 19.7 Å². The average molecular weight is 499 g/mol. The zero-order chi connectivity index (χ0) is 25.9. The molecule has 3 atom stereocenters. The van der Waals surface area contributed by atoms with Crippen LogP contribution >= 0.6 is 0 Å². The van der Waals surface area contributed by atoms with Crippen LogP contribution in [-0.4, -0.2) is 23.5 Å². The average Bonchev–Trinajstić information content (AvgIpc) is 3.42. The molecule has 37 heavy (non-hydrogen) atoms. The van der Waals surface area contributed by atoms with E-state index in [2.05, 4.69) is 17.5 Å². The lowest BCUT2D eigenvalue weighted by molar-refractivity contribution is -0.384. The molecule has 0 radical (unpaired) electrons. The number of nitro groups is 1. The van der Waals surface area contributed by atoms with Gasteiger partial charge in [-0.25, -0.2) is 9.59 Å². The Kier molecular flexibility index (Phi) is 6.72. The van der Waals surface area contributed by atoms with Crippen molar-refractivity contribution in [3.05, 3.63) is 111 Å². The number of carbonyl (C=O) groups excluding carboxylic acids is 2. The molecular formula is C29H26N2O6. The van der Waals surface area contributed by atoms with Gasteiger partial charge in [0.1, 0.15) is 11.3 Å². The monoisotopic (exact) mass is 498 g/mol. The number of ether oxygens (including phenoxy) is 2. The molecular weight excluding hydrogens is 472 g/mol. The van der Waals surface area contributed by atoms with Crippen LogP contribution in [0.2, 0.25) is 0 Å². The van der Waals surface area contributed by atoms with Crippen molar-refractivity contribution in [1.82, 2.24) is 0 Å². The molecule has 3 aromatic rings. The highest BCUT2D eigenvalue weighted by molar-refractivity contribution is 5.96. The number of rotatable bonds is 7. The Labute approximate surface area is 214 Å². The number of fused-ring (bicyclic) bond motifs is 3. The lowest BCUT2D eigenvalue weighted by Gasteiger charge is -2.37. The molecule has 0 unspecified atom stereocenters. The summed E-state index contributed by atoms with van der Waals surface area (Å²) in [4.78, 5) is 36.1. The number of allylic oxidation sites excluding steroid dienone is 2. The largest absolute Gasteiger partial charge is 0.462 e. The van der Waals surface area contributed by atoms with E-state index in [4.69, 9.17) is 9.47 Å². The molecule has 2 aliphatic rings. The second kappa shape index (κ2) is 10.3. The summed E-state index contributed by atoms with van der Waals surface area (Å²) in [5.74, 6) is -0.651. The summed E-state index contributed by atoms with van der Waals surface area (Å²) in [6.07, 6.45) is 5.82. The third kappa shape index (κ3) is 4.82. The van der Waals surface area contributed by atoms with Crippen molar-refractivity contribution in [2.75, 3.05) is 11.9 Å². The smallest absolute Gasteiger partial charge is 0.343 e. The zero-order valence-corrected chi connectivity index (χ0v) is 20.3. The van der Waals surface area contributed by atoms with Crippen molar-refractivity contribution in [3.8, 4) is 5.75 Å². The van der Waals surface area contributed by atoms with Gasteiger partial charge in [0.25, 0.3) is 5.69 Å². The standard InChI is InChI=1S/C29H26N2O6/c1-2-16-36-29(33)23-6-3-4-9-26(23)37-28(32)19-12-15-25-24(17-19)21-7-5-8-22(21)27(30-25)18-10-13-20(14-11-18)31(34)35/h3-7,9-15,17,21-22,27,30H,2,8,16H2,1H3/t21-,22-,27-/m1/s1. The summed E-state index contributed by atoms with van der Waals surface area (Å²) in [5.41, 5.74) is 3.51. The Hall–Kier alpha value is -4.46. The van der Waals surface area contributed by atoms with Crippen LogP contribution in [0.4, 0.5) is 11.4 Å². The van der Waals surface area contributed by atoms with Crippen LogP contribution in [-0.2, 0) is 4.74 Å². The molecule has 8 nitrogen and oxygen atoms in total. The van der Waals surface area contributed by atoms with E-state index in [-0.39, 0.29) is 41.5 Å². The number of benzene rings is 3. The highest BCUT2D eigenvalue weighted by Crippen LogP contribution is 2.50. The molecule has 1 aliphatic heterocycles. The second-order valence-electron chi connectivity index (χ2n) is 9.15. The van der Waals surface area contributed by atoms with Crippen LogP contribution in [0.5, 0.6) is 5.75 Å². The summed E-state index contributed by atoms with van der Waals surface area (Å²) in [7, 11) is 0. The molecule has 8 heteroatoms. The van der Waals surface area contributed by atoms with Gasteiger partial charge >= 0.3 is 11.9 Å². The minimum Gasteiger partial charge on any atom is -0.462 e.